The number of halogens is 3. The summed E-state index contributed by atoms with van der Waals surface area (Å²) in [5.74, 6) is -0.272. The number of likely N-dealkylation sites (tertiary alicyclic amines) is 1. The molecule has 3 aromatic carbocycles. The van der Waals surface area contributed by atoms with E-state index in [-0.39, 0.29) is 36.4 Å². The van der Waals surface area contributed by atoms with Gasteiger partial charge in [0.1, 0.15) is 24.4 Å². The number of amides is 4. The highest BCUT2D eigenvalue weighted by atomic mass is 19.4. The van der Waals surface area contributed by atoms with Crippen molar-refractivity contribution in [2.75, 3.05) is 62.6 Å². The van der Waals surface area contributed by atoms with Gasteiger partial charge in [-0.2, -0.15) is 18.3 Å². The number of carbonyl (C=O) groups excluding carboxylic acids is 4. The normalized spacial score (nSPS) is 17.8. The molecule has 9 rings (SSSR count). The standard InChI is InChI=1S/C50H54F3N11O5/c1-59-42-27-39(12-13-40(42)64(49(59)69)41-14-16-44(65)58-47(41)67)61-25-23-60(24-26-61)30-34-18-21-62(22-19-34)45(66)32-63-31-37(29-56-63)36-9-15-43(55-28-36)57-48(68)46(35-5-3-2-4-6-35)54-20-17-33-7-10-38(11-8-33)50(51,52)53/h2-13,15,27-29,31,34,41,46,54H,14,16-26,30,32H2,1H3,(H,55,57,68)(H,58,65,67)/t41?,46-/m1/s1. The highest BCUT2D eigenvalue weighted by Crippen LogP contribution is 2.30. The molecule has 360 valence electrons. The molecule has 3 fully saturated rings. The number of imidazole rings is 1. The molecule has 3 aromatic heterocycles. The largest absolute Gasteiger partial charge is 0.416 e. The summed E-state index contributed by atoms with van der Waals surface area (Å²) in [6.45, 7) is 6.26. The maximum Gasteiger partial charge on any atom is 0.416 e. The summed E-state index contributed by atoms with van der Waals surface area (Å²) >= 11 is 0. The van der Waals surface area contributed by atoms with Crippen molar-refractivity contribution < 1.29 is 32.3 Å². The molecule has 0 aliphatic carbocycles. The molecule has 6 aromatic rings. The number of imide groups is 1. The van der Waals surface area contributed by atoms with Crippen LogP contribution in [0.15, 0.2) is 108 Å². The molecule has 1 unspecified atom stereocenters. The lowest BCUT2D eigenvalue weighted by Gasteiger charge is -2.39. The van der Waals surface area contributed by atoms with Crippen LogP contribution in [0.4, 0.5) is 24.7 Å². The molecule has 69 heavy (non-hydrogen) atoms. The molecule has 0 radical (unpaired) electrons. The Morgan fingerprint density at radius 1 is 0.841 bits per heavy atom. The first-order chi connectivity index (χ1) is 33.3. The molecule has 2 atom stereocenters. The van der Waals surface area contributed by atoms with Crippen molar-refractivity contribution in [3.8, 4) is 11.1 Å². The second-order valence-corrected chi connectivity index (χ2v) is 18.1. The van der Waals surface area contributed by atoms with E-state index in [0.717, 1.165) is 85.6 Å². The Morgan fingerprint density at radius 2 is 1.59 bits per heavy atom. The van der Waals surface area contributed by atoms with Gasteiger partial charge >= 0.3 is 11.9 Å². The third kappa shape index (κ3) is 10.8. The SMILES string of the molecule is Cn1c(=O)n(C2CCC(=O)NC2=O)c2ccc(N3CCN(CC4CCN(C(=O)Cn5cc(-c6ccc(NC(=O)[C@H](NCCc7ccc(C(F)(F)F)cc7)c7ccccc7)nc6)cn5)CC4)CC3)cc21. The fourth-order valence-corrected chi connectivity index (χ4v) is 9.60. The van der Waals surface area contributed by atoms with E-state index < -0.39 is 29.7 Å². The Kier molecular flexibility index (Phi) is 13.8. The topological polar surface area (TPSA) is 172 Å². The van der Waals surface area contributed by atoms with Crippen molar-refractivity contribution in [3.05, 3.63) is 131 Å². The van der Waals surface area contributed by atoms with Gasteiger partial charge in [-0.15, -0.1) is 0 Å². The van der Waals surface area contributed by atoms with Gasteiger partial charge in [0.05, 0.1) is 22.8 Å². The van der Waals surface area contributed by atoms with E-state index >= 15 is 0 Å². The minimum absolute atomic E-state index is 0.00996. The fraction of sp³-hybridized carbons (Fsp3) is 0.380. The molecule has 4 amide bonds. The van der Waals surface area contributed by atoms with E-state index in [1.165, 1.54) is 16.7 Å². The summed E-state index contributed by atoms with van der Waals surface area (Å²) in [6.07, 6.45) is 3.47. The maximum atomic E-state index is 13.5. The smallest absolute Gasteiger partial charge is 0.369 e. The Bertz CT molecular complexity index is 2860. The lowest BCUT2D eigenvalue weighted by atomic mass is 9.96. The zero-order valence-electron chi connectivity index (χ0n) is 38.2. The Morgan fingerprint density at radius 3 is 2.29 bits per heavy atom. The molecule has 0 saturated carbocycles. The number of hydrogen-bond acceptors (Lipinski definition) is 10. The van der Waals surface area contributed by atoms with Crippen LogP contribution in [-0.2, 0) is 45.4 Å². The van der Waals surface area contributed by atoms with Crippen LogP contribution in [-0.4, -0.2) is 110 Å². The predicted octanol–water partition coefficient (Wildman–Crippen LogP) is 5.17. The molecule has 6 heterocycles. The van der Waals surface area contributed by atoms with Crippen LogP contribution in [0.5, 0.6) is 0 Å². The Balaban J connectivity index is 0.717. The van der Waals surface area contributed by atoms with Crippen LogP contribution in [0.25, 0.3) is 22.2 Å². The number of nitrogens with one attached hydrogen (secondary N) is 3. The molecule has 19 heteroatoms. The van der Waals surface area contributed by atoms with E-state index in [1.54, 1.807) is 34.8 Å². The van der Waals surface area contributed by atoms with Gasteiger partial charge in [-0.3, -0.25) is 43.2 Å². The van der Waals surface area contributed by atoms with Crippen molar-refractivity contribution >= 4 is 46.2 Å². The molecule has 16 nitrogen and oxygen atoms in total. The van der Waals surface area contributed by atoms with Crippen LogP contribution >= 0.6 is 0 Å². The van der Waals surface area contributed by atoms with Gasteiger partial charge in [-0.25, -0.2) is 9.78 Å². The molecular weight excluding hydrogens is 892 g/mol. The summed E-state index contributed by atoms with van der Waals surface area (Å²) in [6, 6.07) is 22.1. The zero-order chi connectivity index (χ0) is 48.2. The fourth-order valence-electron chi connectivity index (χ4n) is 9.60. The van der Waals surface area contributed by atoms with Crippen LogP contribution in [0, 0.1) is 5.92 Å². The number of piperidine rings is 2. The molecule has 3 N–H and O–H groups in total. The maximum absolute atomic E-state index is 13.5. The summed E-state index contributed by atoms with van der Waals surface area (Å²) < 4.78 is 43.7. The van der Waals surface area contributed by atoms with Crippen molar-refractivity contribution in [1.29, 1.82) is 0 Å². The Labute approximate surface area is 396 Å². The van der Waals surface area contributed by atoms with E-state index in [1.807, 2.05) is 65.7 Å². The van der Waals surface area contributed by atoms with Gasteiger partial charge in [-0.1, -0.05) is 42.5 Å². The Hall–Kier alpha value is -7.12. The van der Waals surface area contributed by atoms with Crippen LogP contribution < -0.4 is 26.5 Å². The van der Waals surface area contributed by atoms with Crippen molar-refractivity contribution in [2.24, 2.45) is 13.0 Å². The van der Waals surface area contributed by atoms with E-state index in [4.69, 9.17) is 0 Å². The number of rotatable bonds is 14. The van der Waals surface area contributed by atoms with Crippen molar-refractivity contribution in [2.45, 2.75) is 56.9 Å². The highest BCUT2D eigenvalue weighted by Gasteiger charge is 2.33. The van der Waals surface area contributed by atoms with E-state index in [0.29, 0.717) is 55.3 Å². The zero-order valence-corrected chi connectivity index (χ0v) is 38.2. The van der Waals surface area contributed by atoms with Gasteiger partial charge in [0.15, 0.2) is 0 Å². The molecular formula is C50H54F3N11O5. The van der Waals surface area contributed by atoms with Gasteiger partial charge in [0, 0.05) is 95.0 Å². The van der Waals surface area contributed by atoms with Gasteiger partial charge in [-0.05, 0) is 85.2 Å². The number of nitrogens with zero attached hydrogens (tertiary/aromatic N) is 8. The van der Waals surface area contributed by atoms with Crippen LogP contribution in [0.1, 0.15) is 54.5 Å². The molecule has 3 saturated heterocycles. The average molecular weight is 946 g/mol. The molecule has 0 spiro atoms. The summed E-state index contributed by atoms with van der Waals surface area (Å²) in [5.41, 5.74) is 4.42. The lowest BCUT2D eigenvalue weighted by molar-refractivity contribution is -0.138. The number of fused-ring (bicyclic) bond motifs is 1. The first-order valence-electron chi connectivity index (χ1n) is 23.3. The minimum atomic E-state index is -4.40. The van der Waals surface area contributed by atoms with Crippen molar-refractivity contribution in [1.82, 2.24) is 44.3 Å². The second-order valence-electron chi connectivity index (χ2n) is 18.1. The second kappa shape index (κ2) is 20.2. The third-order valence-corrected chi connectivity index (χ3v) is 13.5. The third-order valence-electron chi connectivity index (χ3n) is 13.5. The summed E-state index contributed by atoms with van der Waals surface area (Å²) in [4.78, 5) is 75.7. The molecule has 0 bridgehead atoms. The number of alkyl halides is 3. The number of aromatic nitrogens is 5. The summed E-state index contributed by atoms with van der Waals surface area (Å²) in [7, 11) is 1.71. The lowest BCUT2D eigenvalue weighted by Crippen LogP contribution is -2.49. The van der Waals surface area contributed by atoms with Gasteiger partial charge < -0.3 is 20.4 Å². The van der Waals surface area contributed by atoms with Crippen molar-refractivity contribution in [3.63, 3.8) is 0 Å². The number of anilines is 2. The first kappa shape index (κ1) is 47.0. The number of aryl methyl sites for hydroxylation is 1. The first-order valence-corrected chi connectivity index (χ1v) is 23.3. The monoisotopic (exact) mass is 945 g/mol. The van der Waals surface area contributed by atoms with E-state index in [9.17, 15) is 37.1 Å². The highest BCUT2D eigenvalue weighted by molar-refractivity contribution is 6.00. The van der Waals surface area contributed by atoms with Crippen LogP contribution in [0.2, 0.25) is 0 Å². The van der Waals surface area contributed by atoms with Crippen LogP contribution in [0.3, 0.4) is 0 Å². The number of hydrogen-bond donors (Lipinski definition) is 3. The molecule has 3 aliphatic heterocycles. The number of carbonyl (C=O) groups is 4. The molecule has 3 aliphatic rings. The number of pyridine rings is 1. The van der Waals surface area contributed by atoms with E-state index in [2.05, 4.69) is 35.8 Å². The number of benzene rings is 3. The summed E-state index contributed by atoms with van der Waals surface area (Å²) in [5, 5.41) is 12.9. The predicted molar refractivity (Wildman–Crippen MR) is 253 cm³/mol. The minimum Gasteiger partial charge on any atom is -0.369 e. The number of piperazine rings is 1. The van der Waals surface area contributed by atoms with Gasteiger partial charge in [0.2, 0.25) is 23.6 Å². The average Bonchev–Trinajstić information content (AvgIpc) is 3.91. The quantitative estimate of drug-likeness (QED) is 0.124. The van der Waals surface area contributed by atoms with Gasteiger partial charge in [0.25, 0.3) is 0 Å².